The summed E-state index contributed by atoms with van der Waals surface area (Å²) in [5, 5.41) is 10.3. The molecule has 2 saturated carbocycles. The number of nitrogens with zero attached hydrogens (tertiary/aromatic N) is 1. The van der Waals surface area contributed by atoms with Crippen molar-refractivity contribution in [2.75, 3.05) is 12.4 Å². The van der Waals surface area contributed by atoms with Gasteiger partial charge in [0.05, 0.1) is 23.9 Å². The summed E-state index contributed by atoms with van der Waals surface area (Å²) in [5.74, 6) is 2.97. The third kappa shape index (κ3) is 3.13. The summed E-state index contributed by atoms with van der Waals surface area (Å²) in [6.45, 7) is 10.2. The number of ether oxygens (including phenoxy) is 1. The number of carbonyl (C=O) groups is 1. The van der Waals surface area contributed by atoms with E-state index >= 15 is 0 Å². The number of aliphatic hydroxyl groups is 1. The maximum absolute atomic E-state index is 12.8. The van der Waals surface area contributed by atoms with E-state index in [4.69, 9.17) is 16.3 Å². The zero-order chi connectivity index (χ0) is 24.0. The number of hydrogen-bond donors (Lipinski definition) is 1. The summed E-state index contributed by atoms with van der Waals surface area (Å²) < 4.78 is 7.08. The molecule has 10 atom stereocenters. The number of fused-ring (bicyclic) bond motifs is 6. The van der Waals surface area contributed by atoms with Gasteiger partial charge < -0.3 is 14.7 Å². The van der Waals surface area contributed by atoms with Crippen LogP contribution in [0.25, 0.3) is 0 Å². The SMILES string of the molecule is CC1=C2C[C@H]3[C@@H](CC=C4C[C@@H](O)CC[C@@]43C)[C@@H]2CC[C@]12O[C@@H]1C[C@H](C)CN(C(=O)CCl)[C@H]1[C@H]2C. The van der Waals surface area contributed by atoms with Gasteiger partial charge in [-0.05, 0) is 93.0 Å². The molecule has 1 spiro atoms. The fraction of sp³-hybridized carbons (Fsp3) is 0.828. The van der Waals surface area contributed by atoms with E-state index in [1.54, 1.807) is 5.57 Å². The van der Waals surface area contributed by atoms with E-state index in [9.17, 15) is 9.90 Å². The standard InChI is InChI=1S/C29H42ClNO3/c1-16-11-25-27(31(15-16)26(33)14-30)18(3)29(34-25)10-8-21-22-6-5-19-12-20(32)7-9-28(19,4)24(22)13-23(21)17(29)2/h5,16,18,20-22,24-25,27,32H,6-15H2,1-4H3/t16-,18+,20-,21-,22-,24-,25+,27-,28-,29-/m0/s1. The molecule has 0 aromatic heterocycles. The van der Waals surface area contributed by atoms with Gasteiger partial charge in [-0.3, -0.25) is 4.79 Å². The van der Waals surface area contributed by atoms with Crippen LogP contribution in [0.5, 0.6) is 0 Å². The first-order valence-electron chi connectivity index (χ1n) is 13.8. The summed E-state index contributed by atoms with van der Waals surface area (Å²) in [6, 6.07) is 0.142. The molecular formula is C29H42ClNO3. The monoisotopic (exact) mass is 487 g/mol. The first-order valence-corrected chi connectivity index (χ1v) is 14.3. The Labute approximate surface area is 210 Å². The third-order valence-corrected chi connectivity index (χ3v) is 11.7. The fourth-order valence-electron chi connectivity index (χ4n) is 9.68. The van der Waals surface area contributed by atoms with Crippen molar-refractivity contribution < 1.29 is 14.6 Å². The molecular weight excluding hydrogens is 446 g/mol. The first-order chi connectivity index (χ1) is 16.2. The van der Waals surface area contributed by atoms with Crippen LogP contribution in [-0.4, -0.2) is 52.2 Å². The molecule has 2 heterocycles. The number of alkyl halides is 1. The summed E-state index contributed by atoms with van der Waals surface area (Å²) in [5.41, 5.74) is 4.71. The van der Waals surface area contributed by atoms with E-state index in [1.165, 1.54) is 30.4 Å². The lowest BCUT2D eigenvalue weighted by molar-refractivity contribution is -0.136. The molecule has 4 nitrogen and oxygen atoms in total. The number of aliphatic hydroxyl groups excluding tert-OH is 1. The van der Waals surface area contributed by atoms with Crippen LogP contribution in [0.2, 0.25) is 0 Å². The second-order valence-electron chi connectivity index (χ2n) is 12.9. The highest BCUT2D eigenvalue weighted by atomic mass is 35.5. The number of allylic oxidation sites excluding steroid dienone is 2. The van der Waals surface area contributed by atoms with Crippen molar-refractivity contribution >= 4 is 17.5 Å². The smallest absolute Gasteiger partial charge is 0.237 e. The van der Waals surface area contributed by atoms with E-state index in [1.807, 2.05) is 0 Å². The van der Waals surface area contributed by atoms with Gasteiger partial charge in [0.15, 0.2) is 0 Å². The van der Waals surface area contributed by atoms with Gasteiger partial charge in [0.25, 0.3) is 0 Å². The predicted octanol–water partition coefficient (Wildman–Crippen LogP) is 5.48. The van der Waals surface area contributed by atoms with Gasteiger partial charge in [-0.1, -0.05) is 38.0 Å². The molecule has 0 aromatic rings. The molecule has 6 rings (SSSR count). The number of piperidine rings is 1. The van der Waals surface area contributed by atoms with Crippen molar-refractivity contribution in [3.8, 4) is 0 Å². The Balaban J connectivity index is 1.34. The molecule has 0 radical (unpaired) electrons. The van der Waals surface area contributed by atoms with E-state index < -0.39 is 0 Å². The zero-order valence-electron chi connectivity index (χ0n) is 21.4. The normalized spacial score (nSPS) is 49.9. The highest BCUT2D eigenvalue weighted by Crippen LogP contribution is 2.65. The summed E-state index contributed by atoms with van der Waals surface area (Å²) in [4.78, 5) is 14.9. The highest BCUT2D eigenvalue weighted by molar-refractivity contribution is 6.27. The maximum Gasteiger partial charge on any atom is 0.237 e. The Morgan fingerprint density at radius 2 is 2.06 bits per heavy atom. The number of hydrogen-bond acceptors (Lipinski definition) is 3. The first kappa shape index (κ1) is 23.6. The molecule has 0 unspecified atom stereocenters. The lowest BCUT2D eigenvalue weighted by Crippen LogP contribution is -2.54. The van der Waals surface area contributed by atoms with Crippen LogP contribution < -0.4 is 0 Å². The average molecular weight is 488 g/mol. The molecule has 34 heavy (non-hydrogen) atoms. The van der Waals surface area contributed by atoms with Gasteiger partial charge in [0.1, 0.15) is 5.88 Å². The van der Waals surface area contributed by atoms with Gasteiger partial charge in [-0.2, -0.15) is 0 Å². The van der Waals surface area contributed by atoms with Gasteiger partial charge in [0.2, 0.25) is 5.91 Å². The van der Waals surface area contributed by atoms with Crippen molar-refractivity contribution in [1.29, 1.82) is 0 Å². The number of amides is 1. The van der Waals surface area contributed by atoms with Crippen LogP contribution in [0.1, 0.15) is 79.1 Å². The second-order valence-corrected chi connectivity index (χ2v) is 13.2. The Bertz CT molecular complexity index is 944. The molecule has 2 saturated heterocycles. The Hall–Kier alpha value is -0.840. The minimum atomic E-state index is -0.233. The van der Waals surface area contributed by atoms with Crippen molar-refractivity contribution in [2.24, 2.45) is 35.0 Å². The molecule has 4 aliphatic carbocycles. The van der Waals surface area contributed by atoms with Crippen LogP contribution in [0, 0.1) is 35.0 Å². The lowest BCUT2D eigenvalue weighted by atomic mass is 9.56. The minimum Gasteiger partial charge on any atom is -0.393 e. The number of likely N-dealkylation sites (tertiary alicyclic amines) is 1. The van der Waals surface area contributed by atoms with Crippen LogP contribution in [0.15, 0.2) is 22.8 Å². The largest absolute Gasteiger partial charge is 0.393 e. The van der Waals surface area contributed by atoms with Crippen LogP contribution in [0.3, 0.4) is 0 Å². The van der Waals surface area contributed by atoms with Gasteiger partial charge in [0, 0.05) is 12.5 Å². The average Bonchev–Trinajstić information content (AvgIpc) is 3.33. The Kier molecular flexibility index (Phi) is 5.60. The van der Waals surface area contributed by atoms with Crippen molar-refractivity contribution in [3.63, 3.8) is 0 Å². The molecule has 1 amide bonds. The Morgan fingerprint density at radius 3 is 2.82 bits per heavy atom. The van der Waals surface area contributed by atoms with Gasteiger partial charge in [-0.25, -0.2) is 0 Å². The third-order valence-electron chi connectivity index (χ3n) is 11.4. The number of halogens is 1. The van der Waals surface area contributed by atoms with E-state index in [0.717, 1.165) is 44.6 Å². The molecule has 5 heteroatoms. The molecule has 4 fully saturated rings. The predicted molar refractivity (Wildman–Crippen MR) is 134 cm³/mol. The van der Waals surface area contributed by atoms with Crippen molar-refractivity contribution in [2.45, 2.75) is 103 Å². The molecule has 0 bridgehead atoms. The molecule has 6 aliphatic rings. The van der Waals surface area contributed by atoms with Crippen molar-refractivity contribution in [1.82, 2.24) is 4.90 Å². The minimum absolute atomic E-state index is 0.0593. The Morgan fingerprint density at radius 1 is 1.26 bits per heavy atom. The molecule has 1 N–H and O–H groups in total. The van der Waals surface area contributed by atoms with Gasteiger partial charge >= 0.3 is 0 Å². The summed E-state index contributed by atoms with van der Waals surface area (Å²) in [6.07, 6.45) is 11.1. The topological polar surface area (TPSA) is 49.8 Å². The fourth-order valence-corrected chi connectivity index (χ4v) is 9.83. The van der Waals surface area contributed by atoms with E-state index in [0.29, 0.717) is 23.7 Å². The molecule has 0 aromatic carbocycles. The molecule has 188 valence electrons. The summed E-state index contributed by atoms with van der Waals surface area (Å²) in [7, 11) is 0. The highest BCUT2D eigenvalue weighted by Gasteiger charge is 2.62. The quantitative estimate of drug-likeness (QED) is 0.393. The molecule has 2 aliphatic heterocycles. The number of rotatable bonds is 1. The lowest BCUT2D eigenvalue weighted by Gasteiger charge is -2.49. The van der Waals surface area contributed by atoms with Crippen LogP contribution in [0.4, 0.5) is 0 Å². The number of carbonyl (C=O) groups excluding carboxylic acids is 1. The second kappa shape index (κ2) is 8.08. The van der Waals surface area contributed by atoms with Gasteiger partial charge in [-0.15, -0.1) is 11.6 Å². The van der Waals surface area contributed by atoms with Crippen molar-refractivity contribution in [3.05, 3.63) is 22.8 Å². The van der Waals surface area contributed by atoms with Crippen LogP contribution in [-0.2, 0) is 9.53 Å². The maximum atomic E-state index is 12.8. The van der Waals surface area contributed by atoms with Crippen LogP contribution >= 0.6 is 11.6 Å². The van der Waals surface area contributed by atoms with E-state index in [2.05, 4.69) is 38.7 Å². The summed E-state index contributed by atoms with van der Waals surface area (Å²) >= 11 is 6.04. The zero-order valence-corrected chi connectivity index (χ0v) is 22.1. The van der Waals surface area contributed by atoms with E-state index in [-0.39, 0.29) is 41.1 Å².